The first-order valence-electron chi connectivity index (χ1n) is 11.2. The van der Waals surface area contributed by atoms with E-state index in [9.17, 15) is 13.2 Å². The summed E-state index contributed by atoms with van der Waals surface area (Å²) in [6.45, 7) is 7.32. The molecule has 5 heterocycles. The van der Waals surface area contributed by atoms with E-state index in [2.05, 4.69) is 19.9 Å². The number of hydrogen-bond acceptors (Lipinski definition) is 7. The molecule has 0 aromatic carbocycles. The molecule has 0 aliphatic carbocycles. The minimum Gasteiger partial charge on any atom is -0.370 e. The maximum Gasteiger partial charge on any atom is 0.433 e. The lowest BCUT2D eigenvalue weighted by atomic mass is 10.1. The fourth-order valence-corrected chi connectivity index (χ4v) is 4.11. The topological polar surface area (TPSA) is 76.9 Å². The van der Waals surface area contributed by atoms with E-state index in [1.165, 1.54) is 12.3 Å². The first-order chi connectivity index (χ1) is 16.7. The van der Waals surface area contributed by atoms with Crippen molar-refractivity contribution in [1.82, 2.24) is 24.9 Å². The molecule has 5 rings (SSSR count). The van der Waals surface area contributed by atoms with Crippen molar-refractivity contribution in [3.8, 4) is 11.3 Å². The molecule has 0 amide bonds. The summed E-state index contributed by atoms with van der Waals surface area (Å²) in [6, 6.07) is 8.14. The SMILES string of the molecule is Cc1cc(C2CN(c3cc4nc(C)c(C)nc4c(-c4ccc(C(F)(F)F)nc4)n3)CCO2)ccn1. The van der Waals surface area contributed by atoms with Crippen LogP contribution in [-0.4, -0.2) is 44.6 Å². The largest absolute Gasteiger partial charge is 0.433 e. The number of fused-ring (bicyclic) bond motifs is 1. The molecule has 10 heteroatoms. The molecule has 0 spiro atoms. The summed E-state index contributed by atoms with van der Waals surface area (Å²) in [4.78, 5) is 24.2. The van der Waals surface area contributed by atoms with Gasteiger partial charge in [0.2, 0.25) is 0 Å². The van der Waals surface area contributed by atoms with Crippen LogP contribution in [0.25, 0.3) is 22.3 Å². The predicted octanol–water partition coefficient (Wildman–Crippen LogP) is 5.00. The van der Waals surface area contributed by atoms with Gasteiger partial charge in [-0.2, -0.15) is 13.2 Å². The van der Waals surface area contributed by atoms with Crippen molar-refractivity contribution in [2.24, 2.45) is 0 Å². The van der Waals surface area contributed by atoms with Gasteiger partial charge in [-0.3, -0.25) is 9.97 Å². The third kappa shape index (κ3) is 4.66. The number of pyridine rings is 3. The van der Waals surface area contributed by atoms with Gasteiger partial charge in [0.1, 0.15) is 28.8 Å². The zero-order chi connectivity index (χ0) is 24.7. The highest BCUT2D eigenvalue weighted by atomic mass is 19.4. The lowest BCUT2D eigenvalue weighted by molar-refractivity contribution is -0.141. The molecular weight excluding hydrogens is 457 g/mol. The number of aryl methyl sites for hydroxylation is 3. The van der Waals surface area contributed by atoms with Gasteiger partial charge in [0.05, 0.1) is 23.5 Å². The fraction of sp³-hybridized carbons (Fsp3) is 0.320. The number of morpholine rings is 1. The van der Waals surface area contributed by atoms with Crippen LogP contribution in [0.4, 0.5) is 19.0 Å². The number of ether oxygens (including phenoxy) is 1. The number of halogens is 3. The van der Waals surface area contributed by atoms with E-state index in [0.717, 1.165) is 28.7 Å². The third-order valence-electron chi connectivity index (χ3n) is 6.06. The van der Waals surface area contributed by atoms with Crippen LogP contribution in [0.2, 0.25) is 0 Å². The molecule has 0 N–H and O–H groups in total. The molecule has 1 aliphatic rings. The number of rotatable bonds is 3. The summed E-state index contributed by atoms with van der Waals surface area (Å²) in [5, 5.41) is 0. The van der Waals surface area contributed by atoms with Gasteiger partial charge in [0.15, 0.2) is 0 Å². The van der Waals surface area contributed by atoms with E-state index in [1.807, 2.05) is 39.0 Å². The van der Waals surface area contributed by atoms with Crippen molar-refractivity contribution < 1.29 is 17.9 Å². The Balaban J connectivity index is 1.58. The lowest BCUT2D eigenvalue weighted by Crippen LogP contribution is -2.39. The van der Waals surface area contributed by atoms with Crippen LogP contribution >= 0.6 is 0 Å². The Bertz CT molecular complexity index is 1390. The Labute approximate surface area is 200 Å². The summed E-state index contributed by atoms with van der Waals surface area (Å²) in [6.07, 6.45) is -1.73. The summed E-state index contributed by atoms with van der Waals surface area (Å²) >= 11 is 0. The second-order valence-electron chi connectivity index (χ2n) is 8.56. The second-order valence-corrected chi connectivity index (χ2v) is 8.56. The van der Waals surface area contributed by atoms with Gasteiger partial charge in [-0.15, -0.1) is 0 Å². The van der Waals surface area contributed by atoms with Crippen molar-refractivity contribution in [2.75, 3.05) is 24.6 Å². The molecule has 180 valence electrons. The normalized spacial score (nSPS) is 16.6. The molecule has 0 bridgehead atoms. The number of alkyl halides is 3. The number of nitrogens with zero attached hydrogens (tertiary/aromatic N) is 6. The molecule has 1 fully saturated rings. The lowest BCUT2D eigenvalue weighted by Gasteiger charge is -2.34. The molecule has 0 saturated carbocycles. The Kier molecular flexibility index (Phi) is 5.84. The molecule has 1 aliphatic heterocycles. The molecule has 7 nitrogen and oxygen atoms in total. The van der Waals surface area contributed by atoms with Gasteiger partial charge >= 0.3 is 6.18 Å². The zero-order valence-electron chi connectivity index (χ0n) is 19.5. The monoisotopic (exact) mass is 480 g/mol. The van der Waals surface area contributed by atoms with E-state index in [1.54, 1.807) is 6.20 Å². The number of hydrogen-bond donors (Lipinski definition) is 0. The summed E-state index contributed by atoms with van der Waals surface area (Å²) < 4.78 is 45.2. The van der Waals surface area contributed by atoms with Crippen molar-refractivity contribution in [3.05, 3.63) is 71.1 Å². The molecular formula is C25H23F3N6O. The van der Waals surface area contributed by atoms with Gasteiger partial charge in [-0.05, 0) is 50.6 Å². The average molecular weight is 480 g/mol. The van der Waals surface area contributed by atoms with Crippen LogP contribution in [0.15, 0.2) is 42.7 Å². The van der Waals surface area contributed by atoms with Crippen molar-refractivity contribution >= 4 is 16.9 Å². The van der Waals surface area contributed by atoms with Crippen LogP contribution in [-0.2, 0) is 10.9 Å². The van der Waals surface area contributed by atoms with Crippen LogP contribution < -0.4 is 4.90 Å². The first kappa shape index (κ1) is 23.1. The van der Waals surface area contributed by atoms with Crippen LogP contribution in [0.5, 0.6) is 0 Å². The molecule has 0 radical (unpaired) electrons. The van der Waals surface area contributed by atoms with E-state index in [4.69, 9.17) is 14.7 Å². The molecule has 1 saturated heterocycles. The van der Waals surface area contributed by atoms with Crippen molar-refractivity contribution in [1.29, 1.82) is 0 Å². The van der Waals surface area contributed by atoms with Gasteiger partial charge in [-0.1, -0.05) is 0 Å². The standard InChI is InChI=1S/C25H23F3N6O/c1-14-10-17(6-7-29-14)20-13-34(8-9-35-20)22-11-19-24(32-16(3)15(2)31-19)23(33-22)18-4-5-21(30-12-18)25(26,27)28/h4-7,10-12,20H,8-9,13H2,1-3H3. The smallest absolute Gasteiger partial charge is 0.370 e. The quantitative estimate of drug-likeness (QED) is 0.408. The van der Waals surface area contributed by atoms with E-state index >= 15 is 0 Å². The van der Waals surface area contributed by atoms with Crippen LogP contribution in [0.1, 0.15) is 34.4 Å². The van der Waals surface area contributed by atoms with Crippen LogP contribution in [0.3, 0.4) is 0 Å². The van der Waals surface area contributed by atoms with E-state index in [0.29, 0.717) is 47.8 Å². The van der Waals surface area contributed by atoms with Crippen LogP contribution in [0, 0.1) is 20.8 Å². The minimum atomic E-state index is -4.52. The Morgan fingerprint density at radius 2 is 1.77 bits per heavy atom. The Morgan fingerprint density at radius 3 is 2.49 bits per heavy atom. The molecule has 1 unspecified atom stereocenters. The van der Waals surface area contributed by atoms with E-state index in [-0.39, 0.29) is 6.10 Å². The Morgan fingerprint density at radius 1 is 0.971 bits per heavy atom. The van der Waals surface area contributed by atoms with Gasteiger partial charge in [0, 0.05) is 42.8 Å². The van der Waals surface area contributed by atoms with Gasteiger partial charge in [-0.25, -0.2) is 15.0 Å². The predicted molar refractivity (Wildman–Crippen MR) is 125 cm³/mol. The van der Waals surface area contributed by atoms with Crippen molar-refractivity contribution in [3.63, 3.8) is 0 Å². The third-order valence-corrected chi connectivity index (χ3v) is 6.06. The summed E-state index contributed by atoms with van der Waals surface area (Å²) in [5.74, 6) is 0.657. The highest BCUT2D eigenvalue weighted by molar-refractivity contribution is 5.91. The maximum atomic E-state index is 13.1. The second kappa shape index (κ2) is 8.84. The molecule has 4 aromatic rings. The zero-order valence-corrected chi connectivity index (χ0v) is 19.5. The molecule has 1 atom stereocenters. The van der Waals surface area contributed by atoms with Crippen molar-refractivity contribution in [2.45, 2.75) is 33.1 Å². The highest BCUT2D eigenvalue weighted by Gasteiger charge is 2.32. The average Bonchev–Trinajstić information content (AvgIpc) is 2.84. The maximum absolute atomic E-state index is 13.1. The first-order valence-corrected chi connectivity index (χ1v) is 11.2. The Hall–Kier alpha value is -3.66. The summed E-state index contributed by atoms with van der Waals surface area (Å²) in [7, 11) is 0. The molecule has 4 aromatic heterocycles. The van der Waals surface area contributed by atoms with Gasteiger partial charge in [0.25, 0.3) is 0 Å². The number of anilines is 1. The fourth-order valence-electron chi connectivity index (χ4n) is 4.11. The number of aromatic nitrogens is 5. The summed E-state index contributed by atoms with van der Waals surface area (Å²) in [5.41, 5.74) is 4.51. The van der Waals surface area contributed by atoms with E-state index < -0.39 is 11.9 Å². The molecule has 35 heavy (non-hydrogen) atoms. The highest BCUT2D eigenvalue weighted by Crippen LogP contribution is 2.33. The van der Waals surface area contributed by atoms with Gasteiger partial charge < -0.3 is 9.64 Å². The minimum absolute atomic E-state index is 0.162.